The summed E-state index contributed by atoms with van der Waals surface area (Å²) in [5.41, 5.74) is 1.23. The van der Waals surface area contributed by atoms with E-state index in [-0.39, 0.29) is 6.04 Å². The number of nitrogens with one attached hydrogen (secondary N) is 1. The molecule has 1 atom stereocenters. The zero-order valence-corrected chi connectivity index (χ0v) is 12.2. The van der Waals surface area contributed by atoms with Gasteiger partial charge in [0, 0.05) is 6.20 Å². The smallest absolute Gasteiger partial charge is 0.305 e. The van der Waals surface area contributed by atoms with Gasteiger partial charge in [0.1, 0.15) is 0 Å². The molecule has 21 heavy (non-hydrogen) atoms. The van der Waals surface area contributed by atoms with Crippen molar-refractivity contribution in [2.45, 2.75) is 51.2 Å². The summed E-state index contributed by atoms with van der Waals surface area (Å²) in [6.45, 7) is 2.89. The predicted molar refractivity (Wildman–Crippen MR) is 76.8 cm³/mol. The van der Waals surface area contributed by atoms with Gasteiger partial charge in [0.25, 0.3) is 0 Å². The molecule has 1 N–H and O–H groups in total. The quantitative estimate of drug-likeness (QED) is 0.801. The predicted octanol–water partition coefficient (Wildman–Crippen LogP) is 4.64. The number of allylic oxidation sites excluding steroid dienone is 1. The molecule has 1 aromatic heterocycles. The lowest BCUT2D eigenvalue weighted by atomic mass is 9.91. The van der Waals surface area contributed by atoms with Crippen LogP contribution in [-0.4, -0.2) is 11.5 Å². The molecule has 2 rings (SSSR count). The van der Waals surface area contributed by atoms with Crippen LogP contribution in [0.3, 0.4) is 0 Å². The second kappa shape index (κ2) is 7.07. The van der Waals surface area contributed by atoms with Gasteiger partial charge >= 0.3 is 6.18 Å². The van der Waals surface area contributed by atoms with Gasteiger partial charge in [-0.2, -0.15) is 13.2 Å². The largest absolute Gasteiger partial charge is 0.417 e. The highest BCUT2D eigenvalue weighted by Crippen LogP contribution is 2.32. The second-order valence-electron chi connectivity index (χ2n) is 5.38. The zero-order valence-electron chi connectivity index (χ0n) is 12.2. The standard InChI is InChI=1S/C16H21F3N2/c1-2-10-20-15(12-6-4-3-5-7-12)14-9-8-13(11-21-14)16(17,18)19/h6,8-9,11,15,20H,2-5,7,10H2,1H3. The van der Waals surface area contributed by atoms with Crippen LogP contribution < -0.4 is 5.32 Å². The number of hydrogen-bond donors (Lipinski definition) is 1. The van der Waals surface area contributed by atoms with Crippen LogP contribution in [0, 0.1) is 0 Å². The molecule has 0 saturated carbocycles. The molecule has 0 saturated heterocycles. The van der Waals surface area contributed by atoms with E-state index in [9.17, 15) is 13.2 Å². The number of nitrogens with zero attached hydrogens (tertiary/aromatic N) is 1. The molecule has 1 aromatic rings. The monoisotopic (exact) mass is 298 g/mol. The van der Waals surface area contributed by atoms with Crippen LogP contribution in [0.2, 0.25) is 0 Å². The van der Waals surface area contributed by atoms with Gasteiger partial charge in [0.2, 0.25) is 0 Å². The van der Waals surface area contributed by atoms with Crippen LogP contribution in [0.1, 0.15) is 56.3 Å². The van der Waals surface area contributed by atoms with Gasteiger partial charge in [0.05, 0.1) is 17.3 Å². The van der Waals surface area contributed by atoms with E-state index in [0.29, 0.717) is 5.69 Å². The Bertz CT molecular complexity index is 477. The molecular formula is C16H21F3N2. The van der Waals surface area contributed by atoms with Gasteiger partial charge in [-0.05, 0) is 50.8 Å². The molecule has 1 aliphatic rings. The average Bonchev–Trinajstić information content (AvgIpc) is 2.48. The normalized spacial score (nSPS) is 17.4. The minimum Gasteiger partial charge on any atom is -0.305 e. The van der Waals surface area contributed by atoms with E-state index in [0.717, 1.165) is 44.5 Å². The fraction of sp³-hybridized carbons (Fsp3) is 0.562. The number of alkyl halides is 3. The maximum atomic E-state index is 12.6. The van der Waals surface area contributed by atoms with E-state index in [4.69, 9.17) is 0 Å². The van der Waals surface area contributed by atoms with Crippen LogP contribution >= 0.6 is 0 Å². The Morgan fingerprint density at radius 3 is 2.62 bits per heavy atom. The minimum atomic E-state index is -4.33. The Morgan fingerprint density at radius 1 is 1.29 bits per heavy atom. The van der Waals surface area contributed by atoms with Gasteiger partial charge in [-0.15, -0.1) is 0 Å². The highest BCUT2D eigenvalue weighted by Gasteiger charge is 2.31. The fourth-order valence-corrected chi connectivity index (χ4v) is 2.58. The molecule has 0 aliphatic heterocycles. The summed E-state index contributed by atoms with van der Waals surface area (Å²) >= 11 is 0. The lowest BCUT2D eigenvalue weighted by molar-refractivity contribution is -0.137. The Labute approximate surface area is 123 Å². The maximum Gasteiger partial charge on any atom is 0.417 e. The lowest BCUT2D eigenvalue weighted by Gasteiger charge is -2.24. The Morgan fingerprint density at radius 2 is 2.10 bits per heavy atom. The summed E-state index contributed by atoms with van der Waals surface area (Å²) in [5, 5.41) is 3.40. The van der Waals surface area contributed by atoms with E-state index >= 15 is 0 Å². The van der Waals surface area contributed by atoms with Crippen molar-refractivity contribution in [3.8, 4) is 0 Å². The van der Waals surface area contributed by atoms with E-state index in [1.165, 1.54) is 18.1 Å². The topological polar surface area (TPSA) is 24.9 Å². The molecule has 116 valence electrons. The van der Waals surface area contributed by atoms with E-state index in [1.54, 1.807) is 0 Å². The summed E-state index contributed by atoms with van der Waals surface area (Å²) < 4.78 is 37.8. The summed E-state index contributed by atoms with van der Waals surface area (Å²) in [6, 6.07) is 2.55. The van der Waals surface area contributed by atoms with Crippen LogP contribution in [0.4, 0.5) is 13.2 Å². The number of hydrogen-bond acceptors (Lipinski definition) is 2. The van der Waals surface area contributed by atoms with Crippen LogP contribution in [0.15, 0.2) is 30.0 Å². The molecule has 0 aromatic carbocycles. The molecule has 0 radical (unpaired) electrons. The van der Waals surface area contributed by atoms with E-state index < -0.39 is 11.7 Å². The summed E-state index contributed by atoms with van der Waals surface area (Å²) in [6.07, 6.45) is 4.13. The van der Waals surface area contributed by atoms with Crippen molar-refractivity contribution in [2.24, 2.45) is 0 Å². The van der Waals surface area contributed by atoms with Crippen LogP contribution in [0.25, 0.3) is 0 Å². The summed E-state index contributed by atoms with van der Waals surface area (Å²) in [7, 11) is 0. The van der Waals surface area contributed by atoms with Gasteiger partial charge in [0.15, 0.2) is 0 Å². The second-order valence-corrected chi connectivity index (χ2v) is 5.38. The first-order chi connectivity index (χ1) is 10.0. The van der Waals surface area contributed by atoms with Crippen molar-refractivity contribution in [3.05, 3.63) is 41.2 Å². The zero-order chi connectivity index (χ0) is 15.3. The van der Waals surface area contributed by atoms with Crippen molar-refractivity contribution in [2.75, 3.05) is 6.54 Å². The molecule has 0 fully saturated rings. The Hall–Kier alpha value is -1.36. The maximum absolute atomic E-state index is 12.6. The number of aromatic nitrogens is 1. The number of rotatable bonds is 5. The molecule has 0 bridgehead atoms. The van der Waals surface area contributed by atoms with Crippen molar-refractivity contribution in [1.29, 1.82) is 0 Å². The van der Waals surface area contributed by atoms with Gasteiger partial charge in [-0.1, -0.05) is 18.6 Å². The first-order valence-electron chi connectivity index (χ1n) is 7.48. The Balaban J connectivity index is 2.21. The molecule has 5 heteroatoms. The Kier molecular flexibility index (Phi) is 5.39. The highest BCUT2D eigenvalue weighted by molar-refractivity contribution is 5.26. The minimum absolute atomic E-state index is 0.0625. The van der Waals surface area contributed by atoms with Crippen molar-refractivity contribution < 1.29 is 13.2 Å². The summed E-state index contributed by atoms with van der Waals surface area (Å²) in [4.78, 5) is 4.05. The first-order valence-corrected chi connectivity index (χ1v) is 7.48. The molecule has 1 heterocycles. The molecule has 0 spiro atoms. The third-order valence-corrected chi connectivity index (χ3v) is 3.70. The van der Waals surface area contributed by atoms with Crippen molar-refractivity contribution in [3.63, 3.8) is 0 Å². The SMILES string of the molecule is CCCNC(C1=CCCCC1)c1ccc(C(F)(F)F)cn1. The lowest BCUT2D eigenvalue weighted by Crippen LogP contribution is -2.25. The van der Waals surface area contributed by atoms with E-state index in [1.807, 2.05) is 0 Å². The first kappa shape index (κ1) is 16.0. The van der Waals surface area contributed by atoms with Crippen LogP contribution in [0.5, 0.6) is 0 Å². The van der Waals surface area contributed by atoms with Crippen molar-refractivity contribution >= 4 is 0 Å². The number of halogens is 3. The van der Waals surface area contributed by atoms with Gasteiger partial charge < -0.3 is 5.32 Å². The average molecular weight is 298 g/mol. The third-order valence-electron chi connectivity index (χ3n) is 3.70. The number of pyridine rings is 1. The highest BCUT2D eigenvalue weighted by atomic mass is 19.4. The van der Waals surface area contributed by atoms with Crippen molar-refractivity contribution in [1.82, 2.24) is 10.3 Å². The molecule has 2 nitrogen and oxygen atoms in total. The third kappa shape index (κ3) is 4.30. The fourth-order valence-electron chi connectivity index (χ4n) is 2.58. The molecule has 0 amide bonds. The van der Waals surface area contributed by atoms with Crippen LogP contribution in [-0.2, 0) is 6.18 Å². The van der Waals surface area contributed by atoms with Gasteiger partial charge in [-0.3, -0.25) is 4.98 Å². The molecular weight excluding hydrogens is 277 g/mol. The van der Waals surface area contributed by atoms with Gasteiger partial charge in [-0.25, -0.2) is 0 Å². The summed E-state index contributed by atoms with van der Waals surface area (Å²) in [5.74, 6) is 0. The van der Waals surface area contributed by atoms with E-state index in [2.05, 4.69) is 23.3 Å². The molecule has 1 aliphatic carbocycles. The molecule has 1 unspecified atom stereocenters.